The molecule has 4 saturated carbocycles. The van der Waals surface area contributed by atoms with Gasteiger partial charge in [0.05, 0.1) is 18.6 Å². The SMILES string of the molecule is COC(=O)[C@]1(C)CCC[C@@]2(C)[C@@H]3[C@H](O)C[C@H]4C[C@@]3(CC[C@@H]21)C[C@@H]4CO. The lowest BCUT2D eigenvalue weighted by atomic mass is 9.40. The van der Waals surface area contributed by atoms with E-state index >= 15 is 0 Å². The largest absolute Gasteiger partial charge is 0.469 e. The van der Waals surface area contributed by atoms with Gasteiger partial charge in [-0.1, -0.05) is 13.3 Å². The van der Waals surface area contributed by atoms with E-state index in [0.717, 1.165) is 51.4 Å². The van der Waals surface area contributed by atoms with E-state index in [-0.39, 0.29) is 41.3 Å². The number of hydrogen-bond acceptors (Lipinski definition) is 4. The number of carbonyl (C=O) groups excluding carboxylic acids is 1. The minimum Gasteiger partial charge on any atom is -0.469 e. The molecular formula is C21H34O4. The fourth-order valence-corrected chi connectivity index (χ4v) is 8.40. The summed E-state index contributed by atoms with van der Waals surface area (Å²) in [5.74, 6) is 1.32. The Labute approximate surface area is 151 Å². The zero-order chi connectivity index (χ0) is 18.0. The molecule has 4 rings (SSSR count). The summed E-state index contributed by atoms with van der Waals surface area (Å²) in [5, 5.41) is 21.0. The topological polar surface area (TPSA) is 66.8 Å². The summed E-state index contributed by atoms with van der Waals surface area (Å²) in [6, 6.07) is 0. The second kappa shape index (κ2) is 5.69. The van der Waals surface area contributed by atoms with Crippen LogP contribution < -0.4 is 0 Å². The normalized spacial score (nSPS) is 54.5. The molecule has 0 aromatic carbocycles. The number of esters is 1. The van der Waals surface area contributed by atoms with Gasteiger partial charge in [0.15, 0.2) is 0 Å². The molecule has 4 nitrogen and oxygen atoms in total. The molecule has 1 spiro atoms. The van der Waals surface area contributed by atoms with Crippen LogP contribution in [0.4, 0.5) is 0 Å². The average Bonchev–Trinajstić information content (AvgIpc) is 2.84. The van der Waals surface area contributed by atoms with Gasteiger partial charge < -0.3 is 14.9 Å². The molecular weight excluding hydrogens is 316 g/mol. The third kappa shape index (κ3) is 2.22. The van der Waals surface area contributed by atoms with Crippen LogP contribution in [0.2, 0.25) is 0 Å². The van der Waals surface area contributed by atoms with Gasteiger partial charge in [0.1, 0.15) is 0 Å². The van der Waals surface area contributed by atoms with Crippen molar-refractivity contribution in [1.82, 2.24) is 0 Å². The fraction of sp³-hybridized carbons (Fsp3) is 0.952. The summed E-state index contributed by atoms with van der Waals surface area (Å²) < 4.78 is 5.21. The number of rotatable bonds is 2. The molecule has 2 N–H and O–H groups in total. The van der Waals surface area contributed by atoms with Crippen molar-refractivity contribution in [2.24, 2.45) is 39.9 Å². The zero-order valence-electron chi connectivity index (χ0n) is 16.0. The highest BCUT2D eigenvalue weighted by Gasteiger charge is 2.68. The van der Waals surface area contributed by atoms with Gasteiger partial charge in [-0.25, -0.2) is 0 Å². The number of methoxy groups -OCH3 is 1. The predicted octanol–water partition coefficient (Wildman–Crippen LogP) is 3.15. The molecule has 4 heteroatoms. The lowest BCUT2D eigenvalue weighted by molar-refractivity contribution is -0.201. The van der Waals surface area contributed by atoms with Gasteiger partial charge in [0.2, 0.25) is 0 Å². The van der Waals surface area contributed by atoms with E-state index in [1.807, 2.05) is 0 Å². The van der Waals surface area contributed by atoms with E-state index in [1.165, 1.54) is 7.11 Å². The minimum atomic E-state index is -0.422. The quantitative estimate of drug-likeness (QED) is 0.751. The summed E-state index contributed by atoms with van der Waals surface area (Å²) in [5.41, 5.74) is -0.252. The molecule has 0 radical (unpaired) electrons. The highest BCUT2D eigenvalue weighted by molar-refractivity contribution is 5.77. The van der Waals surface area contributed by atoms with Crippen molar-refractivity contribution in [2.45, 2.75) is 71.3 Å². The first-order valence-electron chi connectivity index (χ1n) is 10.2. The van der Waals surface area contributed by atoms with Crippen molar-refractivity contribution in [1.29, 1.82) is 0 Å². The van der Waals surface area contributed by atoms with Crippen LogP contribution in [0, 0.1) is 39.9 Å². The van der Waals surface area contributed by atoms with Crippen molar-refractivity contribution in [2.75, 3.05) is 13.7 Å². The van der Waals surface area contributed by atoms with E-state index in [4.69, 9.17) is 4.74 Å². The molecule has 0 saturated heterocycles. The number of fused-ring (bicyclic) bond motifs is 3. The van der Waals surface area contributed by atoms with Gasteiger partial charge in [-0.15, -0.1) is 0 Å². The highest BCUT2D eigenvalue weighted by atomic mass is 16.5. The first kappa shape index (κ1) is 17.8. The van der Waals surface area contributed by atoms with E-state index < -0.39 is 5.41 Å². The van der Waals surface area contributed by atoms with Crippen LogP contribution in [0.25, 0.3) is 0 Å². The van der Waals surface area contributed by atoms with Crippen LogP contribution in [0.15, 0.2) is 0 Å². The molecule has 0 aromatic rings. The lowest BCUT2D eigenvalue weighted by Gasteiger charge is -2.64. The molecule has 0 aliphatic heterocycles. The fourth-order valence-electron chi connectivity index (χ4n) is 8.40. The first-order chi connectivity index (χ1) is 11.8. The minimum absolute atomic E-state index is 0.00578. The Morgan fingerprint density at radius 1 is 1.20 bits per heavy atom. The van der Waals surface area contributed by atoms with Crippen LogP contribution in [0.1, 0.15) is 65.2 Å². The third-order valence-electron chi connectivity index (χ3n) is 9.10. The van der Waals surface area contributed by atoms with Crippen molar-refractivity contribution < 1.29 is 19.7 Å². The maximum atomic E-state index is 12.7. The Morgan fingerprint density at radius 3 is 2.64 bits per heavy atom. The molecule has 4 aliphatic rings. The Balaban J connectivity index is 1.74. The van der Waals surface area contributed by atoms with Crippen LogP contribution in [-0.4, -0.2) is 36.0 Å². The first-order valence-corrected chi connectivity index (χ1v) is 10.2. The molecule has 4 fully saturated rings. The van der Waals surface area contributed by atoms with Gasteiger partial charge >= 0.3 is 5.97 Å². The highest BCUT2D eigenvalue weighted by Crippen LogP contribution is 2.72. The maximum Gasteiger partial charge on any atom is 0.311 e. The summed E-state index contributed by atoms with van der Waals surface area (Å²) in [6.45, 7) is 4.70. The monoisotopic (exact) mass is 350 g/mol. The van der Waals surface area contributed by atoms with Gasteiger partial charge in [-0.05, 0) is 86.4 Å². The summed E-state index contributed by atoms with van der Waals surface area (Å²) in [6.07, 6.45) is 7.94. The molecule has 0 unspecified atom stereocenters. The predicted molar refractivity (Wildman–Crippen MR) is 94.7 cm³/mol. The Kier molecular flexibility index (Phi) is 4.05. The molecule has 8 atom stereocenters. The summed E-state index contributed by atoms with van der Waals surface area (Å²) in [7, 11) is 1.51. The molecule has 142 valence electrons. The number of ether oxygens (including phenoxy) is 1. The molecule has 25 heavy (non-hydrogen) atoms. The van der Waals surface area contributed by atoms with Crippen LogP contribution >= 0.6 is 0 Å². The number of carbonyl (C=O) groups is 1. The lowest BCUT2D eigenvalue weighted by Crippen LogP contribution is -2.61. The molecule has 0 amide bonds. The zero-order valence-corrected chi connectivity index (χ0v) is 16.0. The van der Waals surface area contributed by atoms with Gasteiger partial charge in [-0.3, -0.25) is 4.79 Å². The second-order valence-electron chi connectivity index (χ2n) is 10.1. The Bertz CT molecular complexity index is 562. The van der Waals surface area contributed by atoms with Gasteiger partial charge in [-0.2, -0.15) is 0 Å². The average molecular weight is 350 g/mol. The standard InChI is InChI=1S/C21H34O4/c1-19-6-4-7-20(2,18(24)25-3)16(19)5-8-21-10-13(14(11-21)12-22)9-15(23)17(19)21/h13-17,22-23H,4-12H2,1-3H3/t13-,14+,15+,16-,17-,19+,20+,21-/m0/s1. The summed E-state index contributed by atoms with van der Waals surface area (Å²) in [4.78, 5) is 12.7. The van der Waals surface area contributed by atoms with E-state index in [1.54, 1.807) is 0 Å². The van der Waals surface area contributed by atoms with Crippen molar-refractivity contribution >= 4 is 5.97 Å². The summed E-state index contributed by atoms with van der Waals surface area (Å²) >= 11 is 0. The Hall–Kier alpha value is -0.610. The van der Waals surface area contributed by atoms with Crippen LogP contribution in [-0.2, 0) is 9.53 Å². The molecule has 4 aliphatic carbocycles. The molecule has 0 heterocycles. The smallest absolute Gasteiger partial charge is 0.311 e. The van der Waals surface area contributed by atoms with E-state index in [2.05, 4.69) is 13.8 Å². The van der Waals surface area contributed by atoms with Crippen molar-refractivity contribution in [3.8, 4) is 0 Å². The van der Waals surface area contributed by atoms with Gasteiger partial charge in [0, 0.05) is 6.61 Å². The number of aliphatic hydroxyl groups excluding tert-OH is 2. The maximum absolute atomic E-state index is 12.7. The van der Waals surface area contributed by atoms with E-state index in [9.17, 15) is 15.0 Å². The van der Waals surface area contributed by atoms with Crippen molar-refractivity contribution in [3.05, 3.63) is 0 Å². The van der Waals surface area contributed by atoms with Crippen molar-refractivity contribution in [3.63, 3.8) is 0 Å². The van der Waals surface area contributed by atoms with Crippen LogP contribution in [0.3, 0.4) is 0 Å². The van der Waals surface area contributed by atoms with Crippen LogP contribution in [0.5, 0.6) is 0 Å². The number of aliphatic hydroxyl groups is 2. The molecule has 0 aromatic heterocycles. The van der Waals surface area contributed by atoms with E-state index in [0.29, 0.717) is 11.8 Å². The Morgan fingerprint density at radius 2 is 1.96 bits per heavy atom. The molecule has 2 bridgehead atoms. The number of hydrogen-bond donors (Lipinski definition) is 2. The van der Waals surface area contributed by atoms with Gasteiger partial charge in [0.25, 0.3) is 0 Å². The third-order valence-corrected chi connectivity index (χ3v) is 9.10. The second-order valence-corrected chi connectivity index (χ2v) is 10.1.